The highest BCUT2D eigenvalue weighted by atomic mass is 16.5. The number of benzene rings is 1. The SMILES string of the molecule is O=C(O)CCNC(=O)NCCCN1C(=O)COc2ccccc21. The third-order valence-corrected chi connectivity index (χ3v) is 3.28. The van der Waals surface area contributed by atoms with Crippen molar-refractivity contribution >= 4 is 23.6 Å². The minimum atomic E-state index is -0.963. The number of amides is 3. The molecule has 2 rings (SSSR count). The average molecular weight is 321 g/mol. The van der Waals surface area contributed by atoms with Gasteiger partial charge < -0.3 is 25.4 Å². The molecule has 0 atom stereocenters. The van der Waals surface area contributed by atoms with Crippen LogP contribution in [0.5, 0.6) is 5.75 Å². The highest BCUT2D eigenvalue weighted by Gasteiger charge is 2.24. The molecule has 0 aliphatic carbocycles. The molecule has 3 amide bonds. The lowest BCUT2D eigenvalue weighted by Gasteiger charge is -2.29. The molecule has 8 heteroatoms. The third kappa shape index (κ3) is 4.87. The lowest BCUT2D eigenvalue weighted by molar-refractivity contribution is -0.136. The fourth-order valence-corrected chi connectivity index (χ4v) is 2.18. The van der Waals surface area contributed by atoms with Crippen LogP contribution in [0.15, 0.2) is 24.3 Å². The maximum Gasteiger partial charge on any atom is 0.314 e. The summed E-state index contributed by atoms with van der Waals surface area (Å²) in [5, 5.41) is 13.5. The van der Waals surface area contributed by atoms with E-state index in [-0.39, 0.29) is 25.5 Å². The van der Waals surface area contributed by atoms with Crippen molar-refractivity contribution in [2.24, 2.45) is 0 Å². The van der Waals surface area contributed by atoms with Gasteiger partial charge in [0, 0.05) is 19.6 Å². The van der Waals surface area contributed by atoms with E-state index in [1.165, 1.54) is 0 Å². The van der Waals surface area contributed by atoms with Crippen molar-refractivity contribution in [1.29, 1.82) is 0 Å². The summed E-state index contributed by atoms with van der Waals surface area (Å²) in [6, 6.07) is 6.89. The van der Waals surface area contributed by atoms with Crippen LogP contribution in [0.1, 0.15) is 12.8 Å². The fourth-order valence-electron chi connectivity index (χ4n) is 2.18. The van der Waals surface area contributed by atoms with E-state index in [2.05, 4.69) is 10.6 Å². The van der Waals surface area contributed by atoms with Crippen LogP contribution in [0, 0.1) is 0 Å². The molecule has 0 fully saturated rings. The number of ether oxygens (including phenoxy) is 1. The molecule has 0 unspecified atom stereocenters. The number of hydrogen-bond donors (Lipinski definition) is 3. The molecule has 1 aliphatic heterocycles. The van der Waals surface area contributed by atoms with Gasteiger partial charge in [-0.2, -0.15) is 0 Å². The number of nitrogens with zero attached hydrogens (tertiary/aromatic N) is 1. The number of nitrogens with one attached hydrogen (secondary N) is 2. The van der Waals surface area contributed by atoms with Crippen LogP contribution in [0.2, 0.25) is 0 Å². The van der Waals surface area contributed by atoms with E-state index in [1.807, 2.05) is 24.3 Å². The number of para-hydroxylation sites is 2. The van der Waals surface area contributed by atoms with Gasteiger partial charge in [-0.05, 0) is 18.6 Å². The predicted octanol–water partition coefficient (Wildman–Crippen LogP) is 0.576. The van der Waals surface area contributed by atoms with E-state index in [1.54, 1.807) is 4.90 Å². The van der Waals surface area contributed by atoms with Crippen LogP contribution in [-0.2, 0) is 9.59 Å². The molecule has 0 bridgehead atoms. The number of urea groups is 1. The van der Waals surface area contributed by atoms with Gasteiger partial charge in [0.25, 0.3) is 5.91 Å². The molecule has 0 spiro atoms. The molecule has 1 aromatic carbocycles. The zero-order valence-electron chi connectivity index (χ0n) is 12.6. The summed E-state index contributed by atoms with van der Waals surface area (Å²) in [6.07, 6.45) is 0.457. The normalized spacial score (nSPS) is 13.0. The van der Waals surface area contributed by atoms with E-state index in [0.717, 1.165) is 5.69 Å². The van der Waals surface area contributed by atoms with Crippen molar-refractivity contribution in [3.05, 3.63) is 24.3 Å². The first-order valence-electron chi connectivity index (χ1n) is 7.33. The number of anilines is 1. The summed E-state index contributed by atoms with van der Waals surface area (Å²) in [5.41, 5.74) is 0.731. The van der Waals surface area contributed by atoms with Crippen LogP contribution < -0.4 is 20.3 Å². The van der Waals surface area contributed by atoms with Crippen molar-refractivity contribution in [3.63, 3.8) is 0 Å². The molecule has 23 heavy (non-hydrogen) atoms. The summed E-state index contributed by atoms with van der Waals surface area (Å²) in [7, 11) is 0. The Labute approximate surface area is 133 Å². The number of hydrogen-bond acceptors (Lipinski definition) is 4. The Morgan fingerprint density at radius 3 is 2.74 bits per heavy atom. The molecule has 1 aromatic rings. The molecule has 0 aromatic heterocycles. The zero-order valence-corrected chi connectivity index (χ0v) is 12.6. The van der Waals surface area contributed by atoms with Crippen LogP contribution in [0.25, 0.3) is 0 Å². The first-order valence-corrected chi connectivity index (χ1v) is 7.33. The van der Waals surface area contributed by atoms with Crippen LogP contribution in [-0.4, -0.2) is 49.3 Å². The Morgan fingerprint density at radius 1 is 1.22 bits per heavy atom. The van der Waals surface area contributed by atoms with Gasteiger partial charge in [0.2, 0.25) is 0 Å². The standard InChI is InChI=1S/C15H19N3O5/c19-13-10-23-12-5-2-1-4-11(12)18(13)9-3-7-16-15(22)17-8-6-14(20)21/h1-2,4-5H,3,6-10H2,(H,20,21)(H2,16,17,22). The van der Waals surface area contributed by atoms with Gasteiger partial charge in [-0.15, -0.1) is 0 Å². The third-order valence-electron chi connectivity index (χ3n) is 3.28. The highest BCUT2D eigenvalue weighted by molar-refractivity contribution is 5.97. The maximum atomic E-state index is 11.9. The molecule has 8 nitrogen and oxygen atoms in total. The second-order valence-corrected chi connectivity index (χ2v) is 4.98. The molecule has 0 radical (unpaired) electrons. The van der Waals surface area contributed by atoms with Gasteiger partial charge in [-0.3, -0.25) is 9.59 Å². The van der Waals surface area contributed by atoms with Crippen LogP contribution >= 0.6 is 0 Å². The predicted molar refractivity (Wildman–Crippen MR) is 82.6 cm³/mol. The number of carboxylic acids is 1. The number of carboxylic acid groups (broad SMARTS) is 1. The topological polar surface area (TPSA) is 108 Å². The molecule has 0 saturated carbocycles. The van der Waals surface area contributed by atoms with Gasteiger partial charge in [-0.25, -0.2) is 4.79 Å². The average Bonchev–Trinajstić information content (AvgIpc) is 2.52. The number of carbonyl (C=O) groups excluding carboxylic acids is 2. The van der Waals surface area contributed by atoms with Gasteiger partial charge in [-0.1, -0.05) is 12.1 Å². The fraction of sp³-hybridized carbons (Fsp3) is 0.400. The highest BCUT2D eigenvalue weighted by Crippen LogP contribution is 2.31. The van der Waals surface area contributed by atoms with Gasteiger partial charge in [0.1, 0.15) is 5.75 Å². The molecule has 0 saturated heterocycles. The molecule has 3 N–H and O–H groups in total. The van der Waals surface area contributed by atoms with E-state index >= 15 is 0 Å². The summed E-state index contributed by atoms with van der Waals surface area (Å²) < 4.78 is 5.36. The second kappa shape index (κ2) is 8.02. The Hall–Kier alpha value is -2.77. The summed E-state index contributed by atoms with van der Waals surface area (Å²) in [6.45, 7) is 0.941. The Morgan fingerprint density at radius 2 is 1.96 bits per heavy atom. The van der Waals surface area contributed by atoms with Gasteiger partial charge >= 0.3 is 12.0 Å². The van der Waals surface area contributed by atoms with E-state index in [0.29, 0.717) is 25.3 Å². The van der Waals surface area contributed by atoms with Crippen molar-refractivity contribution in [2.75, 3.05) is 31.1 Å². The molecular weight excluding hydrogens is 302 g/mol. The van der Waals surface area contributed by atoms with Crippen LogP contribution in [0.3, 0.4) is 0 Å². The Bertz CT molecular complexity index is 590. The summed E-state index contributed by atoms with van der Waals surface area (Å²) in [5.74, 6) is -0.407. The van der Waals surface area contributed by atoms with Crippen LogP contribution in [0.4, 0.5) is 10.5 Å². The minimum absolute atomic E-state index is 0.0140. The zero-order chi connectivity index (χ0) is 16.7. The van der Waals surface area contributed by atoms with Crippen molar-refractivity contribution in [2.45, 2.75) is 12.8 Å². The molecule has 1 heterocycles. The summed E-state index contributed by atoms with van der Waals surface area (Å²) >= 11 is 0. The Kier molecular flexibility index (Phi) is 5.79. The maximum absolute atomic E-state index is 11.9. The lowest BCUT2D eigenvalue weighted by Crippen LogP contribution is -2.41. The second-order valence-electron chi connectivity index (χ2n) is 4.98. The van der Waals surface area contributed by atoms with E-state index in [9.17, 15) is 14.4 Å². The molecule has 1 aliphatic rings. The van der Waals surface area contributed by atoms with Crippen molar-refractivity contribution in [3.8, 4) is 5.75 Å². The Balaban J connectivity index is 1.73. The smallest absolute Gasteiger partial charge is 0.314 e. The lowest BCUT2D eigenvalue weighted by atomic mass is 10.2. The summed E-state index contributed by atoms with van der Waals surface area (Å²) in [4.78, 5) is 35.3. The van der Waals surface area contributed by atoms with E-state index in [4.69, 9.17) is 9.84 Å². The van der Waals surface area contributed by atoms with Gasteiger partial charge in [0.05, 0.1) is 12.1 Å². The molecule has 124 valence electrons. The first-order chi connectivity index (χ1) is 11.1. The number of aliphatic carboxylic acids is 1. The quantitative estimate of drug-likeness (QED) is 0.637. The minimum Gasteiger partial charge on any atom is -0.482 e. The largest absolute Gasteiger partial charge is 0.482 e. The number of rotatable bonds is 7. The van der Waals surface area contributed by atoms with Crippen molar-refractivity contribution < 1.29 is 24.2 Å². The number of fused-ring (bicyclic) bond motifs is 1. The van der Waals surface area contributed by atoms with Gasteiger partial charge in [0.15, 0.2) is 6.61 Å². The monoisotopic (exact) mass is 321 g/mol. The molecular formula is C15H19N3O5. The van der Waals surface area contributed by atoms with Crippen molar-refractivity contribution in [1.82, 2.24) is 10.6 Å². The first kappa shape index (κ1) is 16.6. The number of carbonyl (C=O) groups is 3. The van der Waals surface area contributed by atoms with E-state index < -0.39 is 12.0 Å².